The lowest BCUT2D eigenvalue weighted by Crippen LogP contribution is -2.69. The summed E-state index contributed by atoms with van der Waals surface area (Å²) in [7, 11) is 1.63. The van der Waals surface area contributed by atoms with Gasteiger partial charge in [0.2, 0.25) is 12.6 Å². The second kappa shape index (κ2) is 14.2. The molecular weight excluding hydrogens is 552 g/mol. The second-order valence-electron chi connectivity index (χ2n) is 12.3. The number of allylic oxidation sites excluding steroid dienone is 4. The SMILES string of the molecule is C=CC(C)=CCC1(C)C(C)C(OC(=C)CCC)C(OC(C)=O)C23C(=CC(OC)CC12)C(OC(=O)CCC)OC3OC(C)=O. The average molecular weight is 603 g/mol. The number of esters is 3. The van der Waals surface area contributed by atoms with Gasteiger partial charge in [0.05, 0.1) is 11.9 Å². The zero-order valence-electron chi connectivity index (χ0n) is 27.1. The van der Waals surface area contributed by atoms with Gasteiger partial charge >= 0.3 is 17.9 Å². The molecule has 0 radical (unpaired) electrons. The van der Waals surface area contributed by atoms with Gasteiger partial charge in [0.1, 0.15) is 11.5 Å². The summed E-state index contributed by atoms with van der Waals surface area (Å²) >= 11 is 0. The molecule has 43 heavy (non-hydrogen) atoms. The number of carbonyl (C=O) groups is 3. The van der Waals surface area contributed by atoms with Crippen LogP contribution in [0.2, 0.25) is 0 Å². The third-order valence-electron chi connectivity index (χ3n) is 9.48. The van der Waals surface area contributed by atoms with Crippen LogP contribution < -0.4 is 0 Å². The van der Waals surface area contributed by atoms with E-state index in [1.54, 1.807) is 13.2 Å². The molecule has 1 saturated heterocycles. The molecule has 0 N–H and O–H groups in total. The lowest BCUT2D eigenvalue weighted by molar-refractivity contribution is -0.278. The van der Waals surface area contributed by atoms with Gasteiger partial charge in [0.25, 0.3) is 0 Å². The molecule has 0 aromatic heterocycles. The van der Waals surface area contributed by atoms with Gasteiger partial charge in [-0.05, 0) is 50.0 Å². The largest absolute Gasteiger partial charge is 0.491 e. The van der Waals surface area contributed by atoms with Crippen LogP contribution in [0.25, 0.3) is 0 Å². The van der Waals surface area contributed by atoms with Gasteiger partial charge in [-0.1, -0.05) is 58.6 Å². The molecule has 3 rings (SSSR count). The molecule has 240 valence electrons. The lowest BCUT2D eigenvalue weighted by Gasteiger charge is -2.62. The first-order valence-corrected chi connectivity index (χ1v) is 15.4. The number of rotatable bonds is 13. The molecule has 3 aliphatic rings. The van der Waals surface area contributed by atoms with Crippen molar-refractivity contribution in [1.29, 1.82) is 0 Å². The van der Waals surface area contributed by atoms with Crippen LogP contribution in [0.4, 0.5) is 0 Å². The van der Waals surface area contributed by atoms with E-state index in [-0.39, 0.29) is 24.4 Å². The normalized spacial score (nSPS) is 35.1. The van der Waals surface area contributed by atoms with Crippen LogP contribution in [0.3, 0.4) is 0 Å². The molecule has 9 heteroatoms. The summed E-state index contributed by atoms with van der Waals surface area (Å²) in [5, 5.41) is 0. The predicted octanol–water partition coefficient (Wildman–Crippen LogP) is 6.33. The van der Waals surface area contributed by atoms with E-state index in [0.717, 1.165) is 12.0 Å². The van der Waals surface area contributed by atoms with Crippen LogP contribution in [0, 0.1) is 22.7 Å². The average Bonchev–Trinajstić information content (AvgIpc) is 3.23. The van der Waals surface area contributed by atoms with E-state index in [0.29, 0.717) is 37.0 Å². The number of ether oxygens (including phenoxy) is 6. The third-order valence-corrected chi connectivity index (χ3v) is 9.48. The zero-order valence-corrected chi connectivity index (χ0v) is 27.1. The quantitative estimate of drug-likeness (QED) is 0.0786. The van der Waals surface area contributed by atoms with Gasteiger partial charge in [-0.15, -0.1) is 0 Å². The summed E-state index contributed by atoms with van der Waals surface area (Å²) in [6.45, 7) is 20.9. The summed E-state index contributed by atoms with van der Waals surface area (Å²) in [4.78, 5) is 38.3. The molecular formula is C34H50O9. The Balaban J connectivity index is 2.39. The van der Waals surface area contributed by atoms with Crippen LogP contribution in [0.1, 0.15) is 87.0 Å². The van der Waals surface area contributed by atoms with Crippen molar-refractivity contribution < 1.29 is 42.8 Å². The van der Waals surface area contributed by atoms with E-state index in [1.165, 1.54) is 13.8 Å². The maximum atomic E-state index is 12.8. The Morgan fingerprint density at radius 3 is 2.26 bits per heavy atom. The zero-order chi connectivity index (χ0) is 32.1. The molecule has 0 amide bonds. The van der Waals surface area contributed by atoms with E-state index in [1.807, 2.05) is 26.8 Å². The van der Waals surface area contributed by atoms with E-state index < -0.39 is 53.5 Å². The lowest BCUT2D eigenvalue weighted by atomic mass is 9.44. The Morgan fingerprint density at radius 1 is 1.05 bits per heavy atom. The first-order chi connectivity index (χ1) is 20.3. The van der Waals surface area contributed by atoms with Crippen molar-refractivity contribution in [3.05, 3.63) is 48.3 Å². The Kier molecular flexibility index (Phi) is 11.5. The van der Waals surface area contributed by atoms with Gasteiger partial charge < -0.3 is 23.7 Å². The summed E-state index contributed by atoms with van der Waals surface area (Å²) < 4.78 is 36.9. The summed E-state index contributed by atoms with van der Waals surface area (Å²) in [6, 6.07) is 0. The van der Waals surface area contributed by atoms with Crippen molar-refractivity contribution in [2.24, 2.45) is 22.7 Å². The van der Waals surface area contributed by atoms with Crippen molar-refractivity contribution in [2.45, 2.75) is 118 Å². The number of hydrogen-bond donors (Lipinski definition) is 0. The van der Waals surface area contributed by atoms with Crippen LogP contribution >= 0.6 is 0 Å². The number of carbonyl (C=O) groups excluding carboxylic acids is 3. The smallest absolute Gasteiger partial charge is 0.308 e. The van der Waals surface area contributed by atoms with Crippen LogP contribution in [-0.2, 0) is 42.8 Å². The number of hydrogen-bond acceptors (Lipinski definition) is 9. The highest BCUT2D eigenvalue weighted by molar-refractivity contribution is 5.70. The van der Waals surface area contributed by atoms with Crippen LogP contribution in [0.5, 0.6) is 0 Å². The Morgan fingerprint density at radius 2 is 1.70 bits per heavy atom. The standard InChI is InChI=1S/C34H50O9/c1-11-14-21(5)39-29-22(6)33(9,17-16-20(4)13-3)27-19-25(38-10)18-26-31(42-28(37)15-12-2)43-32(41-24(8)36)34(26,27)30(29)40-23(7)35/h13,16,18,22,25,27,29-32H,3,5,11-12,14-15,17,19H2,1-2,4,6-10H3. The van der Waals surface area contributed by atoms with Gasteiger partial charge in [-0.2, -0.15) is 0 Å². The molecule has 1 aliphatic heterocycles. The maximum Gasteiger partial charge on any atom is 0.308 e. The predicted molar refractivity (Wildman–Crippen MR) is 161 cm³/mol. The van der Waals surface area contributed by atoms with E-state index in [9.17, 15) is 14.4 Å². The van der Waals surface area contributed by atoms with Crippen molar-refractivity contribution in [1.82, 2.24) is 0 Å². The first kappa shape index (κ1) is 34.6. The van der Waals surface area contributed by atoms with Crippen LogP contribution in [0.15, 0.2) is 48.3 Å². The summed E-state index contributed by atoms with van der Waals surface area (Å²) in [5.74, 6) is -1.48. The Hall–Kier alpha value is -2.91. The van der Waals surface area contributed by atoms with Crippen LogP contribution in [-0.4, -0.2) is 55.9 Å². The van der Waals surface area contributed by atoms with Crippen molar-refractivity contribution in [2.75, 3.05) is 7.11 Å². The Bertz CT molecular complexity index is 1140. The molecule has 1 saturated carbocycles. The molecule has 1 spiro atoms. The fourth-order valence-corrected chi connectivity index (χ4v) is 7.20. The Labute approximate surface area is 256 Å². The molecule has 0 bridgehead atoms. The highest BCUT2D eigenvalue weighted by Gasteiger charge is 2.75. The highest BCUT2D eigenvalue weighted by Crippen LogP contribution is 2.68. The van der Waals surface area contributed by atoms with Crippen molar-refractivity contribution in [3.63, 3.8) is 0 Å². The summed E-state index contributed by atoms with van der Waals surface area (Å²) in [6.07, 6.45) is 4.74. The van der Waals surface area contributed by atoms with E-state index in [2.05, 4.69) is 33.1 Å². The monoisotopic (exact) mass is 602 g/mol. The van der Waals surface area contributed by atoms with Gasteiger partial charge in [0, 0.05) is 45.3 Å². The van der Waals surface area contributed by atoms with Gasteiger partial charge in [0.15, 0.2) is 6.10 Å². The van der Waals surface area contributed by atoms with Crippen molar-refractivity contribution in [3.8, 4) is 0 Å². The minimum absolute atomic E-state index is 0.175. The topological polar surface area (TPSA) is 107 Å². The molecule has 2 fully saturated rings. The third kappa shape index (κ3) is 6.78. The van der Waals surface area contributed by atoms with Gasteiger partial charge in [-0.25, -0.2) is 0 Å². The minimum Gasteiger partial charge on any atom is -0.491 e. The van der Waals surface area contributed by atoms with Crippen molar-refractivity contribution >= 4 is 17.9 Å². The molecule has 0 aromatic rings. The molecule has 1 heterocycles. The maximum absolute atomic E-state index is 12.8. The molecule has 0 aromatic carbocycles. The highest BCUT2D eigenvalue weighted by atomic mass is 16.8. The number of methoxy groups -OCH3 is 1. The van der Waals surface area contributed by atoms with E-state index in [4.69, 9.17) is 28.4 Å². The fourth-order valence-electron chi connectivity index (χ4n) is 7.20. The molecule has 9 atom stereocenters. The second-order valence-corrected chi connectivity index (χ2v) is 12.3. The van der Waals surface area contributed by atoms with Gasteiger partial charge in [-0.3, -0.25) is 19.1 Å². The summed E-state index contributed by atoms with van der Waals surface area (Å²) in [5.41, 5.74) is -0.219. The van der Waals surface area contributed by atoms with E-state index >= 15 is 0 Å². The fraction of sp³-hybridized carbons (Fsp3) is 0.676. The first-order valence-electron chi connectivity index (χ1n) is 15.4. The minimum atomic E-state index is -1.25. The molecule has 9 unspecified atom stereocenters. The molecule has 9 nitrogen and oxygen atoms in total. The molecule has 2 aliphatic carbocycles.